The number of ether oxygens (including phenoxy) is 1. The Morgan fingerprint density at radius 2 is 1.93 bits per heavy atom. The normalized spacial score (nSPS) is 23.4. The van der Waals surface area contributed by atoms with Crippen molar-refractivity contribution in [1.29, 1.82) is 0 Å². The minimum absolute atomic E-state index is 0.0208. The van der Waals surface area contributed by atoms with E-state index in [0.717, 1.165) is 16.9 Å². The SMILES string of the molecule is CCc1cnc(S(=O)(=O)N2CC(c3ccccc3)C[C@H](C(=O)N3CCOCC3)C2)s1. The number of nitrogens with zero attached hydrogens (tertiary/aromatic N) is 3. The lowest BCUT2D eigenvalue weighted by atomic mass is 9.85. The third-order valence-corrected chi connectivity index (χ3v) is 9.14. The van der Waals surface area contributed by atoms with Crippen molar-refractivity contribution in [3.8, 4) is 0 Å². The topological polar surface area (TPSA) is 79.8 Å². The Kier molecular flexibility index (Phi) is 6.52. The Balaban J connectivity index is 1.62. The van der Waals surface area contributed by atoms with E-state index in [1.54, 1.807) is 6.20 Å². The number of amides is 1. The molecule has 1 aromatic carbocycles. The second-order valence-corrected chi connectivity index (χ2v) is 11.0. The number of aryl methyl sites for hydroxylation is 1. The van der Waals surface area contributed by atoms with E-state index in [9.17, 15) is 13.2 Å². The molecule has 2 aliphatic heterocycles. The largest absolute Gasteiger partial charge is 0.378 e. The van der Waals surface area contributed by atoms with Crippen LogP contribution in [0.2, 0.25) is 0 Å². The molecule has 2 atom stereocenters. The predicted molar refractivity (Wildman–Crippen MR) is 115 cm³/mol. The molecular weight excluding hydrogens is 422 g/mol. The standard InChI is InChI=1S/C21H27N3O4S2/c1-2-19-13-22-21(29-19)30(26,27)24-14-17(16-6-4-3-5-7-16)12-18(15-24)20(25)23-8-10-28-11-9-23/h3-7,13,17-18H,2,8-12,14-15H2,1H3/t17?,18-/m0/s1. The number of thiazole rings is 1. The maximum Gasteiger partial charge on any atom is 0.270 e. The van der Waals surface area contributed by atoms with E-state index in [4.69, 9.17) is 4.74 Å². The summed E-state index contributed by atoms with van der Waals surface area (Å²) in [5.41, 5.74) is 1.06. The number of carbonyl (C=O) groups is 1. The van der Waals surface area contributed by atoms with Crippen LogP contribution < -0.4 is 0 Å². The fourth-order valence-electron chi connectivity index (χ4n) is 4.13. The lowest BCUT2D eigenvalue weighted by Crippen LogP contribution is -2.51. The van der Waals surface area contributed by atoms with Gasteiger partial charge in [-0.1, -0.05) is 37.3 Å². The number of sulfonamides is 1. The van der Waals surface area contributed by atoms with Crippen molar-refractivity contribution in [1.82, 2.24) is 14.2 Å². The summed E-state index contributed by atoms with van der Waals surface area (Å²) in [5.74, 6) is -0.384. The molecule has 3 heterocycles. The average molecular weight is 450 g/mol. The highest BCUT2D eigenvalue weighted by Crippen LogP contribution is 2.35. The van der Waals surface area contributed by atoms with Gasteiger partial charge in [-0.15, -0.1) is 11.3 Å². The Morgan fingerprint density at radius 3 is 2.60 bits per heavy atom. The van der Waals surface area contributed by atoms with Gasteiger partial charge in [0.2, 0.25) is 10.2 Å². The summed E-state index contributed by atoms with van der Waals surface area (Å²) in [5, 5.41) is 0. The van der Waals surface area contributed by atoms with Gasteiger partial charge in [0.25, 0.3) is 10.0 Å². The van der Waals surface area contributed by atoms with Crippen molar-refractivity contribution in [2.24, 2.45) is 5.92 Å². The zero-order valence-electron chi connectivity index (χ0n) is 17.1. The molecule has 0 spiro atoms. The fraction of sp³-hybridized carbons (Fsp3) is 0.524. The lowest BCUT2D eigenvalue weighted by molar-refractivity contribution is -0.141. The molecule has 2 aromatic rings. The van der Waals surface area contributed by atoms with E-state index in [1.807, 2.05) is 42.2 Å². The van der Waals surface area contributed by atoms with Gasteiger partial charge in [0.15, 0.2) is 0 Å². The van der Waals surface area contributed by atoms with Crippen molar-refractivity contribution in [2.75, 3.05) is 39.4 Å². The number of morpholine rings is 1. The first-order chi connectivity index (χ1) is 14.5. The molecule has 162 valence electrons. The van der Waals surface area contributed by atoms with Crippen LogP contribution in [0.25, 0.3) is 0 Å². The first-order valence-corrected chi connectivity index (χ1v) is 12.6. The molecule has 0 N–H and O–H groups in total. The molecule has 0 aliphatic carbocycles. The first-order valence-electron chi connectivity index (χ1n) is 10.4. The molecule has 2 aliphatic rings. The average Bonchev–Trinajstić information content (AvgIpc) is 3.30. The van der Waals surface area contributed by atoms with Crippen LogP contribution in [-0.2, 0) is 26.0 Å². The number of aromatic nitrogens is 1. The van der Waals surface area contributed by atoms with Crippen LogP contribution in [0.1, 0.15) is 29.7 Å². The zero-order chi connectivity index (χ0) is 21.1. The molecule has 9 heteroatoms. The van der Waals surface area contributed by atoms with Crippen molar-refractivity contribution < 1.29 is 17.9 Å². The molecule has 4 rings (SSSR count). The van der Waals surface area contributed by atoms with Gasteiger partial charge in [-0.3, -0.25) is 4.79 Å². The molecule has 7 nitrogen and oxygen atoms in total. The minimum Gasteiger partial charge on any atom is -0.378 e. The number of hydrogen-bond donors (Lipinski definition) is 0. The fourth-order valence-corrected chi connectivity index (χ4v) is 6.92. The molecule has 2 fully saturated rings. The summed E-state index contributed by atoms with van der Waals surface area (Å²) in [4.78, 5) is 20.1. The molecule has 1 unspecified atom stereocenters. The van der Waals surface area contributed by atoms with Gasteiger partial charge in [-0.2, -0.15) is 4.31 Å². The van der Waals surface area contributed by atoms with Crippen LogP contribution in [0, 0.1) is 5.92 Å². The van der Waals surface area contributed by atoms with Crippen LogP contribution in [0.5, 0.6) is 0 Å². The number of piperidine rings is 1. The Morgan fingerprint density at radius 1 is 1.20 bits per heavy atom. The Hall–Kier alpha value is -1.81. The van der Waals surface area contributed by atoms with Crippen molar-refractivity contribution in [3.63, 3.8) is 0 Å². The summed E-state index contributed by atoms with van der Waals surface area (Å²) < 4.78 is 33.7. The van der Waals surface area contributed by atoms with E-state index < -0.39 is 10.0 Å². The first kappa shape index (κ1) is 21.4. The maximum absolute atomic E-state index is 13.4. The summed E-state index contributed by atoms with van der Waals surface area (Å²) >= 11 is 1.22. The number of carbonyl (C=O) groups excluding carboxylic acids is 1. The predicted octanol–water partition coefficient (Wildman–Crippen LogP) is 2.36. The van der Waals surface area contributed by atoms with E-state index >= 15 is 0 Å². The van der Waals surface area contributed by atoms with E-state index in [0.29, 0.717) is 39.3 Å². The minimum atomic E-state index is -3.74. The second kappa shape index (κ2) is 9.13. The summed E-state index contributed by atoms with van der Waals surface area (Å²) in [7, 11) is -3.74. The van der Waals surface area contributed by atoms with E-state index in [-0.39, 0.29) is 28.6 Å². The van der Waals surface area contributed by atoms with Gasteiger partial charge in [0, 0.05) is 37.3 Å². The summed E-state index contributed by atoms with van der Waals surface area (Å²) in [6.07, 6.45) is 3.02. The van der Waals surface area contributed by atoms with E-state index in [1.165, 1.54) is 15.6 Å². The quantitative estimate of drug-likeness (QED) is 0.700. The highest BCUT2D eigenvalue weighted by atomic mass is 32.2. The summed E-state index contributed by atoms with van der Waals surface area (Å²) in [6.45, 7) is 4.72. The number of rotatable bonds is 5. The smallest absolute Gasteiger partial charge is 0.270 e. The van der Waals surface area contributed by atoms with E-state index in [2.05, 4.69) is 4.98 Å². The molecular formula is C21H27N3O4S2. The van der Waals surface area contributed by atoms with Gasteiger partial charge < -0.3 is 9.64 Å². The van der Waals surface area contributed by atoms with Gasteiger partial charge >= 0.3 is 0 Å². The van der Waals surface area contributed by atoms with Gasteiger partial charge in [0.05, 0.1) is 19.1 Å². The molecule has 1 amide bonds. The molecule has 1 aromatic heterocycles. The third-order valence-electron chi connectivity index (χ3n) is 5.80. The van der Waals surface area contributed by atoms with Crippen LogP contribution >= 0.6 is 11.3 Å². The molecule has 2 saturated heterocycles. The molecule has 0 bridgehead atoms. The molecule has 0 radical (unpaired) electrons. The Labute approximate surface area is 181 Å². The monoisotopic (exact) mass is 449 g/mol. The second-order valence-electron chi connectivity index (χ2n) is 7.75. The summed E-state index contributed by atoms with van der Waals surface area (Å²) in [6, 6.07) is 9.87. The van der Waals surface area contributed by atoms with Gasteiger partial charge in [-0.25, -0.2) is 13.4 Å². The van der Waals surface area contributed by atoms with Crippen LogP contribution in [0.3, 0.4) is 0 Å². The highest BCUT2D eigenvalue weighted by Gasteiger charge is 2.40. The van der Waals surface area contributed by atoms with Gasteiger partial charge in [0.1, 0.15) is 0 Å². The van der Waals surface area contributed by atoms with Crippen LogP contribution in [0.4, 0.5) is 0 Å². The highest BCUT2D eigenvalue weighted by molar-refractivity contribution is 7.91. The Bertz CT molecular complexity index is 971. The number of benzene rings is 1. The molecule has 30 heavy (non-hydrogen) atoms. The number of hydrogen-bond acceptors (Lipinski definition) is 6. The van der Waals surface area contributed by atoms with Crippen LogP contribution in [-0.4, -0.2) is 67.9 Å². The molecule has 0 saturated carbocycles. The maximum atomic E-state index is 13.4. The van der Waals surface area contributed by atoms with Crippen molar-refractivity contribution in [3.05, 3.63) is 47.0 Å². The van der Waals surface area contributed by atoms with Gasteiger partial charge in [-0.05, 0) is 24.3 Å². The third kappa shape index (κ3) is 4.44. The zero-order valence-corrected chi connectivity index (χ0v) is 18.7. The van der Waals surface area contributed by atoms with Crippen molar-refractivity contribution in [2.45, 2.75) is 30.0 Å². The van der Waals surface area contributed by atoms with Crippen LogP contribution in [0.15, 0.2) is 40.9 Å². The van der Waals surface area contributed by atoms with Crippen molar-refractivity contribution >= 4 is 27.3 Å². The lowest BCUT2D eigenvalue weighted by Gasteiger charge is -2.39.